The van der Waals surface area contributed by atoms with Gasteiger partial charge in [-0.15, -0.1) is 22.1 Å². The van der Waals surface area contributed by atoms with Crippen LogP contribution in [0.15, 0.2) is 243 Å². The summed E-state index contributed by atoms with van der Waals surface area (Å²) in [4.78, 5) is 24.7. The van der Waals surface area contributed by atoms with E-state index in [0.29, 0.717) is 0 Å². The van der Waals surface area contributed by atoms with Crippen LogP contribution < -0.4 is 9.97 Å². The standard InChI is InChI=1S/C76H40I4N4.Pd/c77-53-25-17-41(18-26-53)65-69-57-33-45-9-1-2-10-46(45)34-58(57)70(81-69)66(42-19-27-54(78)28-20-42)72-61-37-49-13-5-6-14-50(49)38-62(61)74(83-72)68(44-23-31-56(80)32-24-44)76-64-40-52-16-8-7-15-51(52)39-63(64)75(84-76)67(43-21-29-55(79)30-22-43)73-60-36-48-12-4-3-11-47(48)35-59(60)71(65)82-73;/h1-40H;/q-2;+2. The Bertz CT molecular complexity index is 4840. The van der Waals surface area contributed by atoms with Gasteiger partial charge in [0, 0.05) is 36.5 Å². The maximum absolute atomic E-state index is 6.18. The second-order valence-electron chi connectivity index (χ2n) is 21.7. The van der Waals surface area contributed by atoms with E-state index < -0.39 is 0 Å². The van der Waals surface area contributed by atoms with Crippen LogP contribution in [0.5, 0.6) is 0 Å². The van der Waals surface area contributed by atoms with Crippen LogP contribution in [0.3, 0.4) is 0 Å². The van der Waals surface area contributed by atoms with Gasteiger partial charge in [-0.3, -0.25) is 0 Å². The minimum Gasteiger partial charge on any atom is -0.656 e. The van der Waals surface area contributed by atoms with E-state index in [1.807, 2.05) is 0 Å². The molecular formula is C76H40I4N4Pd. The van der Waals surface area contributed by atoms with Crippen LogP contribution in [-0.2, 0) is 20.4 Å². The molecule has 17 rings (SSSR count). The van der Waals surface area contributed by atoms with E-state index in [1.54, 1.807) is 0 Å². The average molecular weight is 1620 g/mol. The van der Waals surface area contributed by atoms with Crippen molar-refractivity contribution in [2.45, 2.75) is 0 Å². The molecule has 8 bridgehead atoms. The second kappa shape index (κ2) is 21.1. The summed E-state index contributed by atoms with van der Waals surface area (Å²) in [6.07, 6.45) is 0. The van der Waals surface area contributed by atoms with Gasteiger partial charge in [0.2, 0.25) is 0 Å². The first-order valence-electron chi connectivity index (χ1n) is 27.8. The first-order chi connectivity index (χ1) is 41.2. The summed E-state index contributed by atoms with van der Waals surface area (Å²) in [6.45, 7) is 0. The molecule has 0 amide bonds. The predicted octanol–water partition coefficient (Wildman–Crippen LogP) is 22.2. The largest absolute Gasteiger partial charge is 2.00 e. The van der Waals surface area contributed by atoms with Gasteiger partial charge in [0.1, 0.15) is 0 Å². The second-order valence-corrected chi connectivity index (χ2v) is 26.7. The third kappa shape index (κ3) is 8.84. The molecule has 12 aromatic carbocycles. The predicted molar refractivity (Wildman–Crippen MR) is 385 cm³/mol. The topological polar surface area (TPSA) is 54.0 Å². The molecule has 1 aliphatic carbocycles. The Morgan fingerprint density at radius 3 is 0.624 bits per heavy atom. The number of nitrogens with zero attached hydrogens (tertiary/aromatic N) is 4. The molecule has 14 aromatic rings. The molecule has 9 heteroatoms. The number of hydrogen-bond acceptors (Lipinski definition) is 2. The molecule has 0 saturated heterocycles. The molecule has 402 valence electrons. The van der Waals surface area contributed by atoms with Crippen LogP contribution in [0.2, 0.25) is 0 Å². The van der Waals surface area contributed by atoms with E-state index in [9.17, 15) is 0 Å². The zero-order valence-corrected chi connectivity index (χ0v) is 54.9. The number of halogens is 4. The van der Waals surface area contributed by atoms with Crippen molar-refractivity contribution in [1.82, 2.24) is 19.9 Å². The Labute approximate surface area is 557 Å². The van der Waals surface area contributed by atoms with Crippen molar-refractivity contribution in [3.8, 4) is 89.5 Å². The van der Waals surface area contributed by atoms with Crippen molar-refractivity contribution in [3.05, 3.63) is 257 Å². The van der Waals surface area contributed by atoms with Gasteiger partial charge in [-0.25, -0.2) is 9.97 Å². The Balaban J connectivity index is 0.00000588. The summed E-state index contributed by atoms with van der Waals surface area (Å²) < 4.78 is 4.57. The molecule has 0 spiro atoms. The van der Waals surface area contributed by atoms with Crippen molar-refractivity contribution in [3.63, 3.8) is 0 Å². The quantitative estimate of drug-likeness (QED) is 0.130. The molecule has 2 aromatic heterocycles. The van der Waals surface area contributed by atoms with Gasteiger partial charge in [0.05, 0.1) is 22.8 Å². The Morgan fingerprint density at radius 1 is 0.235 bits per heavy atom. The monoisotopic (exact) mass is 1620 g/mol. The van der Waals surface area contributed by atoms with Crippen molar-refractivity contribution in [2.75, 3.05) is 0 Å². The number of fused-ring (bicyclic) bond motifs is 4. The Hall–Kier alpha value is -7.10. The van der Waals surface area contributed by atoms with Crippen LogP contribution in [0, 0.1) is 14.3 Å². The zero-order valence-electron chi connectivity index (χ0n) is 44.7. The summed E-state index contributed by atoms with van der Waals surface area (Å²) in [7, 11) is 0. The molecule has 0 saturated carbocycles. The molecule has 0 N–H and O–H groups in total. The van der Waals surface area contributed by atoms with Gasteiger partial charge in [0.15, 0.2) is 0 Å². The molecule has 85 heavy (non-hydrogen) atoms. The summed E-state index contributed by atoms with van der Waals surface area (Å²) in [5.74, 6) is 0. The van der Waals surface area contributed by atoms with Gasteiger partial charge < -0.3 is 9.97 Å². The van der Waals surface area contributed by atoms with E-state index in [4.69, 9.17) is 19.9 Å². The number of rotatable bonds is 4. The van der Waals surface area contributed by atoms with Crippen LogP contribution in [-0.4, -0.2) is 9.97 Å². The Kier molecular flexibility index (Phi) is 13.3. The zero-order chi connectivity index (χ0) is 55.9. The van der Waals surface area contributed by atoms with Crippen LogP contribution in [0.1, 0.15) is 0 Å². The van der Waals surface area contributed by atoms with E-state index in [0.717, 1.165) is 191 Å². The third-order valence-electron chi connectivity index (χ3n) is 16.9. The normalized spacial score (nSPS) is 11.9. The fourth-order valence-corrected chi connectivity index (χ4v) is 14.4. The molecule has 0 radical (unpaired) electrons. The van der Waals surface area contributed by atoms with Crippen molar-refractivity contribution < 1.29 is 20.4 Å². The van der Waals surface area contributed by atoms with Gasteiger partial charge >= 0.3 is 20.4 Å². The fraction of sp³-hybridized carbons (Fsp3) is 0. The molecular weight excluding hydrogens is 1580 g/mol. The average Bonchev–Trinajstić information content (AvgIpc) is 1.68. The molecule has 0 unspecified atom stereocenters. The molecule has 0 atom stereocenters. The summed E-state index contributed by atoms with van der Waals surface area (Å²) in [5, 5.41) is 13.2. The summed E-state index contributed by atoms with van der Waals surface area (Å²) >= 11 is 9.70. The van der Waals surface area contributed by atoms with Crippen LogP contribution >= 0.6 is 90.4 Å². The minimum atomic E-state index is 0. The molecule has 3 aliphatic rings. The molecule has 0 fully saturated rings. The number of hydrogen-bond donors (Lipinski definition) is 0. The van der Waals surface area contributed by atoms with E-state index in [2.05, 4.69) is 333 Å². The first kappa shape index (κ1) is 53.4. The van der Waals surface area contributed by atoms with Gasteiger partial charge in [-0.05, 0) is 297 Å². The van der Waals surface area contributed by atoms with Gasteiger partial charge in [0.25, 0.3) is 0 Å². The number of aromatic nitrogens is 4. The third-order valence-corrected chi connectivity index (χ3v) is 19.8. The number of benzene rings is 12. The Morgan fingerprint density at radius 2 is 0.424 bits per heavy atom. The first-order valence-corrected chi connectivity index (χ1v) is 32.1. The SMILES string of the molecule is Ic1ccc(-c2c3nc(c(-c4ccc(I)cc4)c4[n-]c(c(-c5ccc(I)cc5)c5nc(c(-c6ccc(I)cc6)c6[n-]c2c2cc7ccccc7cc62)-c2cc6ccccc6cc2-5)c2cc5ccccc5cc42)-c2cc4ccccc4cc2-3)cc1.[Pd+2]. The minimum absolute atomic E-state index is 0. The van der Waals surface area contributed by atoms with Crippen molar-refractivity contribution >= 4 is 177 Å². The van der Waals surface area contributed by atoms with E-state index in [-0.39, 0.29) is 20.4 Å². The van der Waals surface area contributed by atoms with Crippen molar-refractivity contribution in [1.29, 1.82) is 0 Å². The van der Waals surface area contributed by atoms with Crippen LogP contribution in [0.4, 0.5) is 0 Å². The van der Waals surface area contributed by atoms with Crippen LogP contribution in [0.25, 0.3) is 176 Å². The van der Waals surface area contributed by atoms with Crippen molar-refractivity contribution in [2.24, 2.45) is 0 Å². The molecule has 2 aliphatic heterocycles. The van der Waals surface area contributed by atoms with E-state index >= 15 is 0 Å². The maximum atomic E-state index is 6.18. The molecule has 4 heterocycles. The maximum Gasteiger partial charge on any atom is 2.00 e. The fourth-order valence-electron chi connectivity index (χ4n) is 13.0. The van der Waals surface area contributed by atoms with Gasteiger partial charge in [-0.1, -0.05) is 146 Å². The summed E-state index contributed by atoms with van der Waals surface area (Å²) in [6, 6.07) is 89.3. The smallest absolute Gasteiger partial charge is 0.656 e. The molecule has 4 nitrogen and oxygen atoms in total. The van der Waals surface area contributed by atoms with E-state index in [1.165, 1.54) is 0 Å². The summed E-state index contributed by atoms with van der Waals surface area (Å²) in [5.41, 5.74) is 18.9. The van der Waals surface area contributed by atoms with Gasteiger partial charge in [-0.2, -0.15) is 0 Å².